The van der Waals surface area contributed by atoms with E-state index in [1.807, 2.05) is 4.90 Å². The summed E-state index contributed by atoms with van der Waals surface area (Å²) in [6.07, 6.45) is 42.9. The molecule has 8 heteroatoms. The molecule has 0 unspecified atom stereocenters. The lowest BCUT2D eigenvalue weighted by Crippen LogP contribution is -3.12. The van der Waals surface area contributed by atoms with Crippen molar-refractivity contribution in [1.29, 1.82) is 0 Å². The molecule has 0 saturated carbocycles. The fourth-order valence-corrected chi connectivity index (χ4v) is 7.30. The number of rotatable bonds is 37. The molecule has 0 aliphatic carbocycles. The van der Waals surface area contributed by atoms with Crippen LogP contribution in [0.15, 0.2) is 0 Å². The second-order valence-corrected chi connectivity index (χ2v) is 16.7. The molecule has 6 nitrogen and oxygen atoms in total. The molecule has 0 heterocycles. The first-order chi connectivity index (χ1) is 24.6. The van der Waals surface area contributed by atoms with Crippen LogP contribution < -0.4 is 21.9 Å². The summed E-state index contributed by atoms with van der Waals surface area (Å²) in [5.74, 6) is 0. The minimum Gasteiger partial charge on any atom is -1.00 e. The summed E-state index contributed by atoms with van der Waals surface area (Å²) in [4.78, 5) is 1.92. The predicted octanol–water partition coefficient (Wildman–Crippen LogP) is 9.53. The summed E-state index contributed by atoms with van der Waals surface area (Å²) >= 11 is 0. The highest BCUT2D eigenvalue weighted by Crippen LogP contribution is 2.18. The van der Waals surface area contributed by atoms with Crippen LogP contribution in [0.25, 0.3) is 0 Å². The highest BCUT2D eigenvalue weighted by atomic mass is 79.9. The summed E-state index contributed by atoms with van der Waals surface area (Å²) in [6, 6.07) is 0. The Hall–Kier alpha value is 0.270. The molecule has 0 radical (unpaired) electrons. The number of quaternary nitrogens is 2. The molecule has 320 valence electrons. The van der Waals surface area contributed by atoms with Crippen molar-refractivity contribution in [1.82, 2.24) is 0 Å². The first-order valence-corrected chi connectivity index (χ1v) is 24.3. The quantitative estimate of drug-likeness (QED) is 0.0283. The number of nitrogens with zero attached hydrogens (tertiary/aromatic N) is 1. The van der Waals surface area contributed by atoms with E-state index in [1.54, 1.807) is 0 Å². The van der Waals surface area contributed by atoms with Gasteiger partial charge in [-0.25, -0.2) is 8.42 Å². The maximum atomic E-state index is 8.63. The average molecular weight is 830 g/mol. The summed E-state index contributed by atoms with van der Waals surface area (Å²) < 4.78 is 34.3. The van der Waals surface area contributed by atoms with E-state index in [1.165, 1.54) is 243 Å². The number of halogens is 1. The van der Waals surface area contributed by atoms with Crippen LogP contribution in [-0.4, -0.2) is 67.8 Å². The van der Waals surface area contributed by atoms with Gasteiger partial charge in [-0.3, -0.25) is 4.55 Å². The van der Waals surface area contributed by atoms with Crippen LogP contribution in [0.5, 0.6) is 0 Å². The van der Waals surface area contributed by atoms with Gasteiger partial charge in [0.05, 0.1) is 45.8 Å². The molecule has 0 atom stereocenters. The molecular weight excluding hydrogens is 732 g/mol. The van der Waals surface area contributed by atoms with Crippen LogP contribution in [0.2, 0.25) is 0 Å². The standard InChI is InChI=1S/C24H51N.C20H44N.BrH.H2O4S/c1-4-7-10-13-16-19-22-25(23-20-17-14-11-8-5-2)24-21-18-15-12-9-6-3;1-5-9-13-17-21(18-14-10-6-2,19-15-11-7-3)20-16-12-8-4;;1-5(2,3)4/h4-24H2,1-3H3;5-20H2,1-4H3;1H;(H2,1,2,3,4)/q;+1;;/p-1. The highest BCUT2D eigenvalue weighted by molar-refractivity contribution is 7.79. The molecule has 0 aliphatic rings. The van der Waals surface area contributed by atoms with E-state index in [4.69, 9.17) is 17.5 Å². The summed E-state index contributed by atoms with van der Waals surface area (Å²) in [5, 5.41) is 0. The van der Waals surface area contributed by atoms with E-state index >= 15 is 0 Å². The minimum absolute atomic E-state index is 0. The molecule has 0 aromatic carbocycles. The molecule has 0 aromatic rings. The fraction of sp³-hybridized carbons (Fsp3) is 1.00. The number of unbranched alkanes of at least 4 members (excludes halogenated alkanes) is 23. The van der Waals surface area contributed by atoms with Gasteiger partial charge in [-0.1, -0.05) is 151 Å². The third kappa shape index (κ3) is 52.4. The van der Waals surface area contributed by atoms with Crippen molar-refractivity contribution in [3.63, 3.8) is 0 Å². The Bertz CT molecular complexity index is 650. The van der Waals surface area contributed by atoms with Gasteiger partial charge in [-0.2, -0.15) is 0 Å². The lowest BCUT2D eigenvalue weighted by Gasteiger charge is -2.39. The van der Waals surface area contributed by atoms with Crippen LogP contribution >= 0.6 is 0 Å². The molecule has 0 aliphatic heterocycles. The van der Waals surface area contributed by atoms with Crippen LogP contribution in [0.4, 0.5) is 0 Å². The van der Waals surface area contributed by atoms with E-state index in [2.05, 4.69) is 48.5 Å². The lowest BCUT2D eigenvalue weighted by atomic mass is 10.1. The van der Waals surface area contributed by atoms with E-state index in [0.29, 0.717) is 0 Å². The SMILES string of the molecule is CCCCCCCC[NH+](CCCCCCCC)CCCCCCCC.CCCCC[N+](CCCCC)(CCCCC)CCCCC.O=S(=O)([O-])O.[Br-]. The summed E-state index contributed by atoms with van der Waals surface area (Å²) in [6.45, 7) is 26.4. The van der Waals surface area contributed by atoms with E-state index in [9.17, 15) is 0 Å². The second kappa shape index (κ2) is 47.4. The Labute approximate surface area is 339 Å². The number of hydrogen-bond donors (Lipinski definition) is 2. The molecular formula is C44H97BrN2O4S. The molecule has 0 bridgehead atoms. The molecule has 0 aromatic heterocycles. The Morgan fingerprint density at radius 2 is 0.558 bits per heavy atom. The van der Waals surface area contributed by atoms with Gasteiger partial charge in [-0.05, 0) is 89.9 Å². The van der Waals surface area contributed by atoms with Crippen molar-refractivity contribution >= 4 is 10.4 Å². The maximum Gasteiger partial charge on any atom is 0.215 e. The van der Waals surface area contributed by atoms with Gasteiger partial charge in [0.15, 0.2) is 0 Å². The van der Waals surface area contributed by atoms with Crippen molar-refractivity contribution in [2.45, 2.75) is 241 Å². The third-order valence-electron chi connectivity index (χ3n) is 10.6. The minimum atomic E-state index is -4.92. The van der Waals surface area contributed by atoms with Crippen molar-refractivity contribution in [2.75, 3.05) is 45.8 Å². The Balaban J connectivity index is -0.000000389. The van der Waals surface area contributed by atoms with Crippen molar-refractivity contribution in [3.05, 3.63) is 0 Å². The average Bonchev–Trinajstić information content (AvgIpc) is 3.09. The monoisotopic (exact) mass is 829 g/mol. The van der Waals surface area contributed by atoms with Gasteiger partial charge in [0.1, 0.15) is 0 Å². The Kier molecular flexibility index (Phi) is 53.8. The van der Waals surface area contributed by atoms with Gasteiger partial charge in [0.25, 0.3) is 0 Å². The van der Waals surface area contributed by atoms with E-state index in [0.717, 1.165) is 0 Å². The third-order valence-corrected chi connectivity index (χ3v) is 10.6. The molecule has 0 spiro atoms. The van der Waals surface area contributed by atoms with Crippen LogP contribution in [0.3, 0.4) is 0 Å². The van der Waals surface area contributed by atoms with Crippen molar-refractivity contribution in [3.8, 4) is 0 Å². The predicted molar refractivity (Wildman–Crippen MR) is 226 cm³/mol. The normalized spacial score (nSPS) is 11.5. The van der Waals surface area contributed by atoms with E-state index in [-0.39, 0.29) is 17.0 Å². The molecule has 0 saturated heterocycles. The van der Waals surface area contributed by atoms with Gasteiger partial charge >= 0.3 is 0 Å². The fourth-order valence-electron chi connectivity index (χ4n) is 7.30. The van der Waals surface area contributed by atoms with Crippen molar-refractivity contribution in [2.24, 2.45) is 0 Å². The van der Waals surface area contributed by atoms with Crippen LogP contribution in [0, 0.1) is 0 Å². The smallest absolute Gasteiger partial charge is 0.215 e. The second-order valence-electron chi connectivity index (χ2n) is 15.8. The van der Waals surface area contributed by atoms with Crippen LogP contribution in [0.1, 0.15) is 241 Å². The van der Waals surface area contributed by atoms with Crippen LogP contribution in [-0.2, 0) is 10.4 Å². The van der Waals surface area contributed by atoms with Gasteiger partial charge in [0.2, 0.25) is 10.4 Å². The van der Waals surface area contributed by atoms with Gasteiger partial charge < -0.3 is 30.9 Å². The number of hydrogen-bond acceptors (Lipinski definition) is 3. The van der Waals surface area contributed by atoms with E-state index < -0.39 is 10.4 Å². The zero-order valence-electron chi connectivity index (χ0n) is 36.6. The largest absolute Gasteiger partial charge is 1.00 e. The highest BCUT2D eigenvalue weighted by Gasteiger charge is 2.25. The first kappa shape index (κ1) is 59.0. The van der Waals surface area contributed by atoms with Gasteiger partial charge in [0, 0.05) is 0 Å². The molecule has 2 N–H and O–H groups in total. The van der Waals surface area contributed by atoms with Gasteiger partial charge in [-0.15, -0.1) is 0 Å². The zero-order chi connectivity index (χ0) is 38.7. The zero-order valence-corrected chi connectivity index (χ0v) is 39.0. The molecule has 0 rings (SSSR count). The maximum absolute atomic E-state index is 8.63. The lowest BCUT2D eigenvalue weighted by molar-refractivity contribution is -0.929. The Morgan fingerprint density at radius 3 is 0.769 bits per heavy atom. The van der Waals surface area contributed by atoms with Crippen molar-refractivity contribution < 1.29 is 43.9 Å². The first-order valence-electron chi connectivity index (χ1n) is 23.0. The molecule has 52 heavy (non-hydrogen) atoms. The molecule has 0 fully saturated rings. The Morgan fingerprint density at radius 1 is 0.385 bits per heavy atom. The summed E-state index contributed by atoms with van der Waals surface area (Å²) in [7, 11) is -4.92. The topological polar surface area (TPSA) is 81.9 Å². The molecule has 0 amide bonds. The number of nitrogens with one attached hydrogen (secondary N) is 1. The summed E-state index contributed by atoms with van der Waals surface area (Å²) in [5.41, 5.74) is 0.